The molecule has 0 aliphatic heterocycles. The van der Waals surface area contributed by atoms with Crippen LogP contribution in [0, 0.1) is 0 Å². The van der Waals surface area contributed by atoms with Gasteiger partial charge in [0, 0.05) is 6.50 Å². The van der Waals surface area contributed by atoms with Gasteiger partial charge in [-0.1, -0.05) is 0 Å². The number of carboxylic acid groups (broad SMARTS) is 1. The number of aliphatic imine (C=N–C) groups is 1. The fraction of sp³-hybridized carbons (Fsp3) is 0.667. The highest BCUT2D eigenvalue weighted by Crippen LogP contribution is 1.94. The average molecular weight is 179 g/mol. The van der Waals surface area contributed by atoms with Gasteiger partial charge >= 0.3 is 5.97 Å². The van der Waals surface area contributed by atoms with Crippen molar-refractivity contribution in [2.75, 3.05) is 6.50 Å². The van der Waals surface area contributed by atoms with Crippen molar-refractivity contribution in [3.8, 4) is 0 Å². The van der Waals surface area contributed by atoms with Gasteiger partial charge in [-0.15, -0.1) is 0 Å². The van der Waals surface area contributed by atoms with Gasteiger partial charge in [0.05, 0.1) is 4.11 Å². The summed E-state index contributed by atoms with van der Waals surface area (Å²) in [6, 6.07) is -2.23. The van der Waals surface area contributed by atoms with Crippen LogP contribution in [0.15, 0.2) is 4.99 Å². The second-order valence-corrected chi connectivity index (χ2v) is 2.03. The van der Waals surface area contributed by atoms with E-state index in [1.54, 1.807) is 0 Å². The number of nitrogens with zero attached hydrogens (tertiary/aromatic N) is 1. The molecule has 0 aromatic rings. The summed E-state index contributed by atoms with van der Waals surface area (Å²) >= 11 is 0. The first-order valence-corrected chi connectivity index (χ1v) is 3.20. The second-order valence-electron chi connectivity index (χ2n) is 2.03. The summed E-state index contributed by atoms with van der Waals surface area (Å²) < 4.78 is 21.7. The topological polar surface area (TPSA) is 128 Å². The molecule has 0 spiro atoms. The molecule has 12 heavy (non-hydrogen) atoms. The van der Waals surface area contributed by atoms with Crippen molar-refractivity contribution in [3.05, 3.63) is 0 Å². The summed E-state index contributed by atoms with van der Waals surface area (Å²) in [4.78, 5) is 13.7. The SMILES string of the molecule is [2H][13C]([2H])(CC[13C@]([2H])(N)C(=O)O)N=C(N)N. The third-order valence-corrected chi connectivity index (χ3v) is 0.989. The Bertz CT molecular complexity index is 276. The average Bonchev–Trinajstić information content (AvgIpc) is 1.98. The lowest BCUT2D eigenvalue weighted by atomic mass is 10.4. The highest BCUT2D eigenvalue weighted by atomic mass is 16.4. The minimum atomic E-state index is -2.23. The van der Waals surface area contributed by atoms with E-state index < -0.39 is 30.9 Å². The number of carboxylic acids is 1. The van der Waals surface area contributed by atoms with Crippen molar-refractivity contribution in [1.82, 2.24) is 0 Å². The Kier molecular flexibility index (Phi) is 2.79. The summed E-state index contributed by atoms with van der Waals surface area (Å²) in [6.07, 6.45) is -0.747. The molecule has 0 heterocycles. The minimum Gasteiger partial charge on any atom is -0.480 e. The maximum absolute atomic E-state index is 10.4. The van der Waals surface area contributed by atoms with E-state index in [0.717, 1.165) is 0 Å². The van der Waals surface area contributed by atoms with E-state index in [9.17, 15) is 4.79 Å². The number of hydrogen-bond donors (Lipinski definition) is 4. The molecule has 0 amide bonds. The van der Waals surface area contributed by atoms with Gasteiger partial charge in [-0.05, 0) is 12.8 Å². The molecule has 0 saturated carbocycles. The predicted octanol–water partition coefficient (Wildman–Crippen LogP) is -1.55. The first-order chi connectivity index (χ1) is 6.57. The minimum absolute atomic E-state index is 0.350. The molecule has 0 bridgehead atoms. The first kappa shape index (κ1) is 6.24. The Morgan fingerprint density at radius 3 is 2.75 bits per heavy atom. The van der Waals surface area contributed by atoms with Crippen LogP contribution < -0.4 is 17.2 Å². The molecule has 0 unspecified atom stereocenters. The van der Waals surface area contributed by atoms with Crippen LogP contribution in [0.4, 0.5) is 0 Å². The van der Waals surface area contributed by atoms with Crippen LogP contribution in [0.3, 0.4) is 0 Å². The van der Waals surface area contributed by atoms with Gasteiger partial charge in [-0.25, -0.2) is 0 Å². The van der Waals surface area contributed by atoms with Gasteiger partial charge in [0.1, 0.15) is 6.02 Å². The summed E-state index contributed by atoms with van der Waals surface area (Å²) in [5.74, 6) is -1.97. The quantitative estimate of drug-likeness (QED) is 0.231. The third-order valence-electron chi connectivity index (χ3n) is 0.989. The van der Waals surface area contributed by atoms with Crippen molar-refractivity contribution < 1.29 is 14.0 Å². The lowest BCUT2D eigenvalue weighted by Gasteiger charge is -2.03. The molecule has 0 fully saturated rings. The maximum atomic E-state index is 10.4. The van der Waals surface area contributed by atoms with Gasteiger partial charge < -0.3 is 22.3 Å². The van der Waals surface area contributed by atoms with Gasteiger partial charge in [0.2, 0.25) is 0 Å². The number of carbonyl (C=O) groups is 1. The van der Waals surface area contributed by atoms with E-state index in [1.165, 1.54) is 0 Å². The van der Waals surface area contributed by atoms with E-state index in [4.69, 9.17) is 26.4 Å². The van der Waals surface area contributed by atoms with Crippen LogP contribution in [0.5, 0.6) is 0 Å². The zero-order chi connectivity index (χ0) is 12.3. The number of nitrogens with two attached hydrogens (primary N) is 3. The van der Waals surface area contributed by atoms with Crippen molar-refractivity contribution in [1.29, 1.82) is 0 Å². The maximum Gasteiger partial charge on any atom is 0.320 e. The Balaban J connectivity index is 4.39. The number of guanidine groups is 1. The predicted molar refractivity (Wildman–Crippen MR) is 45.5 cm³/mol. The molecule has 0 aliphatic carbocycles. The largest absolute Gasteiger partial charge is 0.480 e. The Hall–Kier alpha value is -1.30. The zero-order valence-corrected chi connectivity index (χ0v) is 6.45. The van der Waals surface area contributed by atoms with E-state index in [2.05, 4.69) is 4.99 Å². The molecule has 6 heteroatoms. The van der Waals surface area contributed by atoms with Gasteiger partial charge in [0.15, 0.2) is 5.96 Å². The lowest BCUT2D eigenvalue weighted by molar-refractivity contribution is -0.138. The van der Waals surface area contributed by atoms with Crippen LogP contribution in [-0.2, 0) is 4.79 Å². The van der Waals surface area contributed by atoms with Gasteiger partial charge in [-0.3, -0.25) is 9.79 Å². The molecule has 6 nitrogen and oxygen atoms in total. The van der Waals surface area contributed by atoms with Crippen molar-refractivity contribution in [3.63, 3.8) is 0 Å². The summed E-state index contributed by atoms with van der Waals surface area (Å²) in [7, 11) is 0. The number of hydrogen-bond acceptors (Lipinski definition) is 3. The fourth-order valence-electron chi connectivity index (χ4n) is 0.445. The smallest absolute Gasteiger partial charge is 0.320 e. The molecule has 0 aromatic heterocycles. The van der Waals surface area contributed by atoms with Gasteiger partial charge in [0.25, 0.3) is 0 Å². The molecule has 70 valence electrons. The van der Waals surface area contributed by atoms with E-state index >= 15 is 0 Å². The molecule has 0 saturated heterocycles. The van der Waals surface area contributed by atoms with Crippen molar-refractivity contribution >= 4 is 11.9 Å². The number of aliphatic carboxylic acids is 1. The van der Waals surface area contributed by atoms with Crippen molar-refractivity contribution in [2.24, 2.45) is 22.2 Å². The lowest BCUT2D eigenvalue weighted by Crippen LogP contribution is -2.30. The molecule has 7 N–H and O–H groups in total. The highest BCUT2D eigenvalue weighted by molar-refractivity contribution is 5.75. The summed E-state index contributed by atoms with van der Waals surface area (Å²) in [5.41, 5.74) is 15.0. The van der Waals surface area contributed by atoms with E-state index in [-0.39, 0.29) is 6.42 Å². The monoisotopic (exact) mass is 179 g/mol. The van der Waals surface area contributed by atoms with E-state index in [1.807, 2.05) is 0 Å². The Morgan fingerprint density at radius 2 is 2.33 bits per heavy atom. The standard InChI is InChI=1S/C6H14N4O2/c7-4(5(11)12)2-1-3-10-6(8)9/h4H,1-3,7H2,(H,11,12)(H4,8,9,10)/t4-/m0/s1/i3+1D2,4+1D. The summed E-state index contributed by atoms with van der Waals surface area (Å²) in [6.45, 7) is -2.11. The van der Waals surface area contributed by atoms with Crippen LogP contribution >= 0.6 is 0 Å². The molecule has 0 aliphatic rings. The molecular weight excluding hydrogens is 162 g/mol. The molecular formula is C6H14N4O2. The zero-order valence-electron chi connectivity index (χ0n) is 9.45. The molecule has 0 radical (unpaired) electrons. The first-order valence-electron chi connectivity index (χ1n) is 4.70. The van der Waals surface area contributed by atoms with Crippen LogP contribution in [0.1, 0.15) is 17.0 Å². The number of rotatable bonds is 5. The molecule has 0 rings (SSSR count). The molecule has 1 atom stereocenters. The third kappa shape index (κ3) is 5.48. The second kappa shape index (κ2) is 5.36. The summed E-state index contributed by atoms with van der Waals surface area (Å²) in [5, 5.41) is 8.50. The molecule has 0 aromatic carbocycles. The van der Waals surface area contributed by atoms with Crippen LogP contribution in [0.2, 0.25) is 0 Å². The van der Waals surface area contributed by atoms with Crippen molar-refractivity contribution in [2.45, 2.75) is 18.9 Å². The van der Waals surface area contributed by atoms with E-state index in [0.29, 0.717) is 0 Å². The highest BCUT2D eigenvalue weighted by Gasteiger charge is 2.09. The van der Waals surface area contributed by atoms with Crippen LogP contribution in [0.25, 0.3) is 0 Å². The fourth-order valence-corrected chi connectivity index (χ4v) is 0.445. The van der Waals surface area contributed by atoms with Gasteiger partial charge in [-0.2, -0.15) is 0 Å². The van der Waals surface area contributed by atoms with Crippen LogP contribution in [-0.4, -0.2) is 29.6 Å². The Labute approximate surface area is 74.6 Å². The Morgan fingerprint density at radius 1 is 1.75 bits per heavy atom. The normalized spacial score (nSPS) is 19.6.